The average molecular weight is 433 g/mol. The molecule has 158 valence electrons. The summed E-state index contributed by atoms with van der Waals surface area (Å²) in [5.74, 6) is 0.0286. The Morgan fingerprint density at radius 3 is 2.39 bits per heavy atom. The van der Waals surface area contributed by atoms with Crippen molar-refractivity contribution in [2.75, 3.05) is 26.2 Å². The average Bonchev–Trinajstić information content (AvgIpc) is 2.78. The van der Waals surface area contributed by atoms with Crippen LogP contribution >= 0.6 is 11.6 Å². The first-order valence-electron chi connectivity index (χ1n) is 10.3. The van der Waals surface area contributed by atoms with Crippen LogP contribution in [-0.4, -0.2) is 59.7 Å². The number of carbonyl (C=O) groups is 1. The quantitative estimate of drug-likeness (QED) is 0.438. The highest BCUT2D eigenvalue weighted by atomic mass is 35.5. The highest BCUT2D eigenvalue weighted by Crippen LogP contribution is 2.39. The van der Waals surface area contributed by atoms with Crippen molar-refractivity contribution in [3.8, 4) is 11.3 Å². The molecule has 1 amide bonds. The molecule has 2 aliphatic heterocycles. The van der Waals surface area contributed by atoms with Gasteiger partial charge in [0.1, 0.15) is 0 Å². The van der Waals surface area contributed by atoms with Gasteiger partial charge >= 0.3 is 0 Å². The topological polar surface area (TPSA) is 49.3 Å². The van der Waals surface area contributed by atoms with Crippen molar-refractivity contribution in [1.29, 1.82) is 0 Å². The van der Waals surface area contributed by atoms with Gasteiger partial charge in [0.15, 0.2) is 7.98 Å². The van der Waals surface area contributed by atoms with E-state index in [1.54, 1.807) is 23.3 Å². The first-order valence-corrected chi connectivity index (χ1v) is 10.7. The van der Waals surface area contributed by atoms with Crippen molar-refractivity contribution in [3.05, 3.63) is 72.5 Å². The number of likely N-dealkylation sites (tertiary alicyclic amines) is 1. The van der Waals surface area contributed by atoms with Gasteiger partial charge in [-0.25, -0.2) is 0 Å². The van der Waals surface area contributed by atoms with Crippen molar-refractivity contribution in [2.45, 2.75) is 13.8 Å². The lowest BCUT2D eigenvalue weighted by Gasteiger charge is -2.60. The Balaban J connectivity index is 0.000000645. The largest absolute Gasteiger partial charge is 0.352 e. The number of aromatic nitrogens is 2. The van der Waals surface area contributed by atoms with Gasteiger partial charge in [0.2, 0.25) is 0 Å². The van der Waals surface area contributed by atoms with E-state index in [1.165, 1.54) is 0 Å². The zero-order valence-electron chi connectivity index (χ0n) is 18.0. The van der Waals surface area contributed by atoms with Crippen LogP contribution in [0.3, 0.4) is 0 Å². The van der Waals surface area contributed by atoms with Gasteiger partial charge in [-0.2, -0.15) is 0 Å². The smallest absolute Gasteiger partial charge is 0.255 e. The third-order valence-electron chi connectivity index (χ3n) is 5.41. The van der Waals surface area contributed by atoms with E-state index >= 15 is 0 Å². The second kappa shape index (κ2) is 9.63. The van der Waals surface area contributed by atoms with Gasteiger partial charge < -0.3 is 9.71 Å². The number of carbonyl (C=O) groups excluding carboxylic acids is 1. The summed E-state index contributed by atoms with van der Waals surface area (Å²) in [7, 11) is 5.72. The lowest BCUT2D eigenvalue weighted by molar-refractivity contribution is -0.0633. The Hall–Kier alpha value is -2.70. The SMILES string of the molecule is C=C.CC.[B]N1CC2(C1)CN(C(=O)c1ccc(-c3ccc4nccc(Cl)c4c3)nc1)C2. The van der Waals surface area contributed by atoms with E-state index in [0.717, 1.165) is 48.3 Å². The summed E-state index contributed by atoms with van der Waals surface area (Å²) in [6.45, 7) is 13.3. The van der Waals surface area contributed by atoms with E-state index in [1.807, 2.05) is 49.1 Å². The molecule has 3 aromatic rings. The number of benzene rings is 1. The molecular formula is C24H26BClN4O. The highest BCUT2D eigenvalue weighted by molar-refractivity contribution is 6.35. The highest BCUT2D eigenvalue weighted by Gasteiger charge is 2.51. The van der Waals surface area contributed by atoms with Gasteiger partial charge in [-0.3, -0.25) is 14.8 Å². The summed E-state index contributed by atoms with van der Waals surface area (Å²) in [5.41, 5.74) is 3.41. The van der Waals surface area contributed by atoms with Gasteiger partial charge in [0.25, 0.3) is 5.91 Å². The molecule has 2 aromatic heterocycles. The number of hydrogen-bond acceptors (Lipinski definition) is 4. The molecule has 1 aromatic carbocycles. The molecule has 0 bridgehead atoms. The summed E-state index contributed by atoms with van der Waals surface area (Å²) in [6.07, 6.45) is 3.34. The first-order chi connectivity index (χ1) is 15.0. The van der Waals surface area contributed by atoms with E-state index in [9.17, 15) is 4.79 Å². The van der Waals surface area contributed by atoms with Gasteiger partial charge in [0, 0.05) is 41.8 Å². The molecule has 5 rings (SSSR count). The molecule has 0 unspecified atom stereocenters. The Morgan fingerprint density at radius 2 is 1.77 bits per heavy atom. The van der Waals surface area contributed by atoms with Crippen LogP contribution in [0.5, 0.6) is 0 Å². The van der Waals surface area contributed by atoms with Crippen molar-refractivity contribution in [3.63, 3.8) is 0 Å². The van der Waals surface area contributed by atoms with Crippen LogP contribution in [0.4, 0.5) is 0 Å². The fourth-order valence-corrected chi connectivity index (χ4v) is 4.28. The Labute approximate surface area is 190 Å². The van der Waals surface area contributed by atoms with Crippen LogP contribution in [-0.2, 0) is 0 Å². The third kappa shape index (κ3) is 4.50. The number of nitrogens with zero attached hydrogens (tertiary/aromatic N) is 4. The predicted octanol–water partition coefficient (Wildman–Crippen LogP) is 4.62. The molecule has 2 aliphatic rings. The molecule has 0 saturated carbocycles. The van der Waals surface area contributed by atoms with Gasteiger partial charge in [-0.15, -0.1) is 13.2 Å². The molecule has 0 atom stereocenters. The molecular weight excluding hydrogens is 407 g/mol. The minimum atomic E-state index is 0.0286. The number of amides is 1. The maximum Gasteiger partial charge on any atom is 0.255 e. The fourth-order valence-electron chi connectivity index (χ4n) is 4.07. The summed E-state index contributed by atoms with van der Waals surface area (Å²) in [6, 6.07) is 11.3. The lowest BCUT2D eigenvalue weighted by atomic mass is 9.71. The standard InChI is InChI=1S/C20H16BClN4O.C2H6.C2H4/c21-26-11-20(12-26)9-25(10-20)19(27)14-2-3-17(24-8-14)13-1-4-18-15(7-13)16(22)5-6-23-18;2*1-2/h1-8H,9-12H2;1-2H3;1-2H2. The van der Waals surface area contributed by atoms with Crippen molar-refractivity contribution in [2.24, 2.45) is 5.41 Å². The van der Waals surface area contributed by atoms with Crippen molar-refractivity contribution >= 4 is 36.4 Å². The second-order valence-electron chi connectivity index (χ2n) is 7.52. The molecule has 4 heterocycles. The van der Waals surface area contributed by atoms with Gasteiger partial charge in [0.05, 0.1) is 21.8 Å². The zero-order chi connectivity index (χ0) is 22.6. The molecule has 7 heteroatoms. The maximum absolute atomic E-state index is 12.6. The van der Waals surface area contributed by atoms with Crippen LogP contribution in [0.15, 0.2) is 61.9 Å². The molecule has 0 N–H and O–H groups in total. The Morgan fingerprint density at radius 1 is 1.06 bits per heavy atom. The zero-order valence-corrected chi connectivity index (χ0v) is 18.8. The van der Waals surface area contributed by atoms with Crippen LogP contribution in [0.25, 0.3) is 22.2 Å². The molecule has 2 saturated heterocycles. The summed E-state index contributed by atoms with van der Waals surface area (Å²) >= 11 is 6.27. The van der Waals surface area contributed by atoms with Crippen LogP contribution in [0, 0.1) is 5.41 Å². The number of fused-ring (bicyclic) bond motifs is 1. The summed E-state index contributed by atoms with van der Waals surface area (Å²) in [4.78, 5) is 25.1. The van der Waals surface area contributed by atoms with Crippen LogP contribution in [0.2, 0.25) is 5.02 Å². The fraction of sp³-hybridized carbons (Fsp3) is 0.292. The van der Waals surface area contributed by atoms with Gasteiger partial charge in [-0.1, -0.05) is 31.5 Å². The Kier molecular flexibility index (Phi) is 7.13. The molecule has 1 spiro atoms. The molecule has 31 heavy (non-hydrogen) atoms. The van der Waals surface area contributed by atoms with E-state index < -0.39 is 0 Å². The molecule has 2 fully saturated rings. The second-order valence-corrected chi connectivity index (χ2v) is 7.93. The first kappa shape index (κ1) is 23.0. The predicted molar refractivity (Wildman–Crippen MR) is 128 cm³/mol. The lowest BCUT2D eigenvalue weighted by Crippen LogP contribution is -2.72. The normalized spacial score (nSPS) is 16.3. The number of hydrogen-bond donors (Lipinski definition) is 0. The van der Waals surface area contributed by atoms with Crippen LogP contribution in [0.1, 0.15) is 24.2 Å². The monoisotopic (exact) mass is 432 g/mol. The summed E-state index contributed by atoms with van der Waals surface area (Å²) in [5, 5.41) is 1.55. The van der Waals surface area contributed by atoms with Crippen molar-refractivity contribution in [1.82, 2.24) is 19.7 Å². The third-order valence-corrected chi connectivity index (χ3v) is 5.74. The van der Waals surface area contributed by atoms with Crippen molar-refractivity contribution < 1.29 is 4.79 Å². The van der Waals surface area contributed by atoms with Gasteiger partial charge in [-0.05, 0) is 43.4 Å². The number of halogens is 1. The molecule has 0 aliphatic carbocycles. The number of rotatable bonds is 2. The van der Waals surface area contributed by atoms with E-state index in [-0.39, 0.29) is 11.3 Å². The van der Waals surface area contributed by atoms with Crippen LogP contribution < -0.4 is 0 Å². The Bertz CT molecular complexity index is 1060. The molecule has 2 radical (unpaired) electrons. The number of pyridine rings is 2. The minimum Gasteiger partial charge on any atom is -0.352 e. The minimum absolute atomic E-state index is 0.0286. The van der Waals surface area contributed by atoms with E-state index in [2.05, 4.69) is 23.1 Å². The maximum atomic E-state index is 12.6. The van der Waals surface area contributed by atoms with E-state index in [4.69, 9.17) is 19.6 Å². The molecule has 5 nitrogen and oxygen atoms in total. The summed E-state index contributed by atoms with van der Waals surface area (Å²) < 4.78 is 0. The van der Waals surface area contributed by atoms with E-state index in [0.29, 0.717) is 10.6 Å².